The van der Waals surface area contributed by atoms with Crippen LogP contribution < -0.4 is 5.32 Å². The minimum Gasteiger partial charge on any atom is -0.469 e. The monoisotopic (exact) mass is 251 g/mol. The van der Waals surface area contributed by atoms with Crippen LogP contribution in [0, 0.1) is 5.92 Å². The normalized spacial score (nSPS) is 25.7. The van der Waals surface area contributed by atoms with Gasteiger partial charge in [-0.15, -0.1) is 0 Å². The molecule has 0 aromatic carbocycles. The molecule has 18 heavy (non-hydrogen) atoms. The molecule has 0 saturated carbocycles. The van der Waals surface area contributed by atoms with Crippen molar-refractivity contribution in [2.75, 3.05) is 13.7 Å². The number of esters is 1. The van der Waals surface area contributed by atoms with Crippen LogP contribution in [0.15, 0.2) is 0 Å². The first kappa shape index (κ1) is 15.6. The zero-order chi connectivity index (χ0) is 13.4. The Kier molecular flexibility index (Phi) is 6.76. The van der Waals surface area contributed by atoms with Crippen LogP contribution in [0.3, 0.4) is 0 Å². The highest BCUT2D eigenvalue weighted by Crippen LogP contribution is 2.29. The fourth-order valence-corrected chi connectivity index (χ4v) is 2.75. The summed E-state index contributed by atoms with van der Waals surface area (Å²) in [6.45, 7) is 3.09. The summed E-state index contributed by atoms with van der Waals surface area (Å²) >= 11 is 0. The van der Waals surface area contributed by atoms with Crippen molar-refractivity contribution in [1.82, 2.24) is 5.32 Å². The highest BCUT2D eigenvalue weighted by Gasteiger charge is 2.39. The van der Waals surface area contributed by atoms with E-state index in [4.69, 9.17) is 12.6 Å². The van der Waals surface area contributed by atoms with Crippen LogP contribution in [0.2, 0.25) is 0 Å². The Bertz CT molecular complexity index is 252. The largest absolute Gasteiger partial charge is 0.469 e. The molecule has 1 rings (SSSR count). The van der Waals surface area contributed by atoms with Crippen LogP contribution >= 0.6 is 0 Å². The van der Waals surface area contributed by atoms with E-state index in [1.165, 1.54) is 26.4 Å². The van der Waals surface area contributed by atoms with E-state index >= 15 is 0 Å². The molecule has 1 aliphatic heterocycles. The van der Waals surface area contributed by atoms with E-state index in [1.54, 1.807) is 0 Å². The molecule has 1 N–H and O–H groups in total. The lowest BCUT2D eigenvalue weighted by Crippen LogP contribution is -2.57. The number of rotatable bonds is 7. The SMILES string of the molecule is [B]C1(C(CCCCCC)C(=O)OC)CCCCN1. The van der Waals surface area contributed by atoms with Crippen molar-refractivity contribution in [1.29, 1.82) is 0 Å². The first-order valence-corrected chi connectivity index (χ1v) is 7.25. The van der Waals surface area contributed by atoms with Crippen molar-refractivity contribution in [2.45, 2.75) is 63.7 Å². The molecule has 1 saturated heterocycles. The molecule has 2 radical (unpaired) electrons. The molecule has 102 valence electrons. The first-order chi connectivity index (χ1) is 8.64. The molecular weight excluding hydrogens is 225 g/mol. The molecule has 0 bridgehead atoms. The zero-order valence-corrected chi connectivity index (χ0v) is 11.8. The number of ether oxygens (including phenoxy) is 1. The van der Waals surface area contributed by atoms with E-state index in [-0.39, 0.29) is 11.9 Å². The molecule has 1 fully saturated rings. The maximum atomic E-state index is 11.9. The van der Waals surface area contributed by atoms with Crippen molar-refractivity contribution >= 4 is 13.8 Å². The Balaban J connectivity index is 2.56. The molecule has 0 amide bonds. The molecule has 4 heteroatoms. The van der Waals surface area contributed by atoms with Gasteiger partial charge in [-0.2, -0.15) is 0 Å². The molecule has 0 spiro atoms. The summed E-state index contributed by atoms with van der Waals surface area (Å²) in [5, 5.41) is 3.33. The third-order valence-electron chi connectivity index (χ3n) is 3.93. The molecule has 0 aromatic heterocycles. The van der Waals surface area contributed by atoms with E-state index in [0.29, 0.717) is 0 Å². The van der Waals surface area contributed by atoms with Gasteiger partial charge in [0, 0.05) is 0 Å². The molecule has 0 aliphatic carbocycles. The standard InChI is InChI=1S/C14H26BNO2/c1-3-4-5-6-9-12(13(17)18-2)14(15)10-7-8-11-16-14/h12,16H,3-11H2,1-2H3. The quantitative estimate of drug-likeness (QED) is 0.429. The molecule has 0 aromatic rings. The summed E-state index contributed by atoms with van der Waals surface area (Å²) in [7, 11) is 7.83. The van der Waals surface area contributed by atoms with E-state index in [2.05, 4.69) is 12.2 Å². The van der Waals surface area contributed by atoms with E-state index in [9.17, 15) is 4.79 Å². The van der Waals surface area contributed by atoms with Crippen LogP contribution in [0.5, 0.6) is 0 Å². The lowest BCUT2D eigenvalue weighted by molar-refractivity contribution is -0.147. The third-order valence-corrected chi connectivity index (χ3v) is 3.93. The van der Waals surface area contributed by atoms with Crippen LogP contribution in [-0.4, -0.2) is 32.9 Å². The molecule has 2 unspecified atom stereocenters. The number of methoxy groups -OCH3 is 1. The Morgan fingerprint density at radius 1 is 1.39 bits per heavy atom. The first-order valence-electron chi connectivity index (χ1n) is 7.25. The van der Waals surface area contributed by atoms with Gasteiger partial charge in [0.25, 0.3) is 0 Å². The van der Waals surface area contributed by atoms with Crippen molar-refractivity contribution in [3.05, 3.63) is 0 Å². The summed E-state index contributed by atoms with van der Waals surface area (Å²) in [5.74, 6) is -0.372. The number of hydrogen-bond acceptors (Lipinski definition) is 3. The average molecular weight is 251 g/mol. The Hall–Kier alpha value is -0.505. The number of piperidine rings is 1. The van der Waals surface area contributed by atoms with Crippen molar-refractivity contribution in [2.24, 2.45) is 5.92 Å². The van der Waals surface area contributed by atoms with Crippen molar-refractivity contribution in [3.63, 3.8) is 0 Å². The highest BCUT2D eigenvalue weighted by molar-refractivity contribution is 6.17. The van der Waals surface area contributed by atoms with Gasteiger partial charge in [0.2, 0.25) is 0 Å². The number of hydrogen-bond donors (Lipinski definition) is 1. The van der Waals surface area contributed by atoms with Gasteiger partial charge in [-0.05, 0) is 31.2 Å². The summed E-state index contributed by atoms with van der Waals surface area (Å²) in [6, 6.07) is 0. The molecule has 3 nitrogen and oxygen atoms in total. The van der Waals surface area contributed by atoms with Gasteiger partial charge in [0.05, 0.1) is 20.9 Å². The van der Waals surface area contributed by atoms with Gasteiger partial charge < -0.3 is 10.1 Å². The lowest BCUT2D eigenvalue weighted by Gasteiger charge is -2.41. The van der Waals surface area contributed by atoms with Gasteiger partial charge in [0.1, 0.15) is 0 Å². The number of carbonyl (C=O) groups is 1. The topological polar surface area (TPSA) is 38.3 Å². The second-order valence-electron chi connectivity index (χ2n) is 5.35. The third kappa shape index (κ3) is 4.31. The minimum absolute atomic E-state index is 0.164. The summed E-state index contributed by atoms with van der Waals surface area (Å²) in [6.07, 6.45) is 8.56. The van der Waals surface area contributed by atoms with E-state index in [0.717, 1.165) is 38.6 Å². The number of unbranched alkanes of at least 4 members (excludes halogenated alkanes) is 3. The lowest BCUT2D eigenvalue weighted by atomic mass is 9.62. The molecule has 1 aliphatic rings. The van der Waals surface area contributed by atoms with Crippen molar-refractivity contribution < 1.29 is 9.53 Å². The Morgan fingerprint density at radius 3 is 2.72 bits per heavy atom. The fourth-order valence-electron chi connectivity index (χ4n) is 2.75. The predicted molar refractivity (Wildman–Crippen MR) is 74.6 cm³/mol. The Morgan fingerprint density at radius 2 is 2.17 bits per heavy atom. The molecular formula is C14H26BNO2. The summed E-state index contributed by atoms with van der Waals surface area (Å²) in [5.41, 5.74) is -0.558. The van der Waals surface area contributed by atoms with Crippen LogP contribution in [-0.2, 0) is 9.53 Å². The average Bonchev–Trinajstić information content (AvgIpc) is 2.38. The van der Waals surface area contributed by atoms with E-state index < -0.39 is 5.44 Å². The highest BCUT2D eigenvalue weighted by atomic mass is 16.5. The second-order valence-corrected chi connectivity index (χ2v) is 5.35. The number of carbonyl (C=O) groups excluding carboxylic acids is 1. The van der Waals surface area contributed by atoms with Crippen LogP contribution in [0.1, 0.15) is 58.3 Å². The molecule has 2 atom stereocenters. The van der Waals surface area contributed by atoms with Gasteiger partial charge in [-0.25, -0.2) is 0 Å². The predicted octanol–water partition coefficient (Wildman–Crippen LogP) is 2.38. The minimum atomic E-state index is -0.558. The second kappa shape index (κ2) is 7.83. The van der Waals surface area contributed by atoms with Crippen LogP contribution in [0.25, 0.3) is 0 Å². The maximum absolute atomic E-state index is 11.9. The van der Waals surface area contributed by atoms with Gasteiger partial charge in [-0.1, -0.05) is 39.0 Å². The van der Waals surface area contributed by atoms with Gasteiger partial charge in [0.15, 0.2) is 0 Å². The summed E-state index contributed by atoms with van der Waals surface area (Å²) in [4.78, 5) is 11.9. The smallest absolute Gasteiger partial charge is 0.309 e. The van der Waals surface area contributed by atoms with Gasteiger partial charge in [-0.3, -0.25) is 4.79 Å². The fraction of sp³-hybridized carbons (Fsp3) is 0.929. The van der Waals surface area contributed by atoms with Crippen LogP contribution in [0.4, 0.5) is 0 Å². The summed E-state index contributed by atoms with van der Waals surface area (Å²) < 4.78 is 4.93. The molecule has 1 heterocycles. The number of nitrogens with one attached hydrogen (secondary N) is 1. The maximum Gasteiger partial charge on any atom is 0.309 e. The van der Waals surface area contributed by atoms with Gasteiger partial charge >= 0.3 is 5.97 Å². The zero-order valence-electron chi connectivity index (χ0n) is 11.8. The van der Waals surface area contributed by atoms with Crippen molar-refractivity contribution in [3.8, 4) is 0 Å². The Labute approximate surface area is 112 Å². The van der Waals surface area contributed by atoms with E-state index in [1.807, 2.05) is 0 Å².